The van der Waals surface area contributed by atoms with E-state index in [-0.39, 0.29) is 4.90 Å². The van der Waals surface area contributed by atoms with E-state index < -0.39 is 10.0 Å². The van der Waals surface area contributed by atoms with Crippen LogP contribution in [0.15, 0.2) is 64.6 Å². The number of nitrogens with one attached hydrogen (secondary N) is 1. The molecule has 0 fully saturated rings. The molecule has 0 unspecified atom stereocenters. The van der Waals surface area contributed by atoms with Gasteiger partial charge in [0.15, 0.2) is 0 Å². The maximum absolute atomic E-state index is 12.1. The molecule has 0 radical (unpaired) electrons. The number of hydrazone groups is 1. The maximum atomic E-state index is 12.1. The summed E-state index contributed by atoms with van der Waals surface area (Å²) in [6.07, 6.45) is 0.948. The van der Waals surface area contributed by atoms with Crippen molar-refractivity contribution in [1.29, 1.82) is 0 Å². The molecule has 1 N–H and O–H groups in total. The minimum absolute atomic E-state index is 0.180. The van der Waals surface area contributed by atoms with Crippen molar-refractivity contribution in [2.45, 2.75) is 25.2 Å². The van der Waals surface area contributed by atoms with Gasteiger partial charge in [0.1, 0.15) is 5.75 Å². The molecule has 5 nitrogen and oxygen atoms in total. The minimum Gasteiger partial charge on any atom is -0.494 e. The van der Waals surface area contributed by atoms with E-state index in [0.29, 0.717) is 12.3 Å². The van der Waals surface area contributed by atoms with Gasteiger partial charge in [-0.25, -0.2) is 0 Å². The molecule has 0 heterocycles. The topological polar surface area (TPSA) is 67.8 Å². The number of rotatable bonds is 7. The van der Waals surface area contributed by atoms with Crippen LogP contribution >= 0.6 is 0 Å². The first kappa shape index (κ1) is 17.0. The summed E-state index contributed by atoms with van der Waals surface area (Å²) >= 11 is 0. The summed E-state index contributed by atoms with van der Waals surface area (Å²) in [5.74, 6) is 0.785. The van der Waals surface area contributed by atoms with E-state index in [9.17, 15) is 8.42 Å². The summed E-state index contributed by atoms with van der Waals surface area (Å²) in [4.78, 5) is 2.43. The molecular formula is C17H20N2O3S. The van der Waals surface area contributed by atoms with Crippen LogP contribution in [0.3, 0.4) is 0 Å². The molecule has 0 atom stereocenters. The van der Waals surface area contributed by atoms with E-state index >= 15 is 0 Å². The molecule has 0 spiro atoms. The van der Waals surface area contributed by atoms with Crippen LogP contribution in [0.1, 0.15) is 25.8 Å². The first-order valence-electron chi connectivity index (χ1n) is 7.37. The second-order valence-electron chi connectivity index (χ2n) is 4.98. The highest BCUT2D eigenvalue weighted by molar-refractivity contribution is 7.89. The Hall–Kier alpha value is -2.34. The van der Waals surface area contributed by atoms with Crippen LogP contribution < -0.4 is 9.57 Å². The van der Waals surface area contributed by atoms with Gasteiger partial charge in [-0.05, 0) is 55.3 Å². The van der Waals surface area contributed by atoms with Gasteiger partial charge >= 0.3 is 0 Å². The number of hydrogen-bond donors (Lipinski definition) is 1. The zero-order valence-electron chi connectivity index (χ0n) is 13.2. The highest BCUT2D eigenvalue weighted by Gasteiger charge is 2.12. The molecule has 122 valence electrons. The number of ether oxygens (including phenoxy) is 1. The Balaban J connectivity index is 2.08. The van der Waals surface area contributed by atoms with E-state index in [0.717, 1.165) is 17.7 Å². The SMILES string of the molecule is CCCOc1ccc(/C(C)=N/NS(=O)(=O)c2ccccc2)cc1. The molecule has 0 aromatic heterocycles. The summed E-state index contributed by atoms with van der Waals surface area (Å²) in [6.45, 7) is 4.46. The summed E-state index contributed by atoms with van der Waals surface area (Å²) in [5.41, 5.74) is 1.40. The van der Waals surface area contributed by atoms with Crippen molar-refractivity contribution in [2.75, 3.05) is 6.61 Å². The molecule has 2 aromatic rings. The Bertz CT molecular complexity index is 754. The number of hydrogen-bond acceptors (Lipinski definition) is 4. The number of nitrogens with zero attached hydrogens (tertiary/aromatic N) is 1. The highest BCUT2D eigenvalue weighted by atomic mass is 32.2. The lowest BCUT2D eigenvalue weighted by Crippen LogP contribution is -2.19. The third-order valence-electron chi connectivity index (χ3n) is 3.13. The average Bonchev–Trinajstić information content (AvgIpc) is 2.59. The van der Waals surface area contributed by atoms with Crippen LogP contribution in [0.2, 0.25) is 0 Å². The van der Waals surface area contributed by atoms with Gasteiger partial charge in [-0.15, -0.1) is 0 Å². The van der Waals surface area contributed by atoms with Gasteiger partial charge < -0.3 is 4.74 Å². The molecule has 6 heteroatoms. The average molecular weight is 332 g/mol. The quantitative estimate of drug-likeness (QED) is 0.625. The van der Waals surface area contributed by atoms with Gasteiger partial charge in [0.25, 0.3) is 10.0 Å². The Morgan fingerprint density at radius 2 is 1.74 bits per heavy atom. The van der Waals surface area contributed by atoms with Crippen LogP contribution in [-0.4, -0.2) is 20.7 Å². The van der Waals surface area contributed by atoms with Crippen LogP contribution in [-0.2, 0) is 10.0 Å². The first-order valence-corrected chi connectivity index (χ1v) is 8.85. The summed E-state index contributed by atoms with van der Waals surface area (Å²) < 4.78 is 29.7. The van der Waals surface area contributed by atoms with Crippen LogP contribution in [0, 0.1) is 0 Å². The van der Waals surface area contributed by atoms with Gasteiger partial charge in [0, 0.05) is 0 Å². The molecule has 2 rings (SSSR count). The standard InChI is InChI=1S/C17H20N2O3S/c1-3-13-22-16-11-9-15(10-12-16)14(2)18-19-23(20,21)17-7-5-4-6-8-17/h4-12,19H,3,13H2,1-2H3/b18-14+. The summed E-state index contributed by atoms with van der Waals surface area (Å²) in [6, 6.07) is 15.5. The lowest BCUT2D eigenvalue weighted by molar-refractivity contribution is 0.317. The molecular weight excluding hydrogens is 312 g/mol. The van der Waals surface area contributed by atoms with E-state index in [1.807, 2.05) is 31.2 Å². The maximum Gasteiger partial charge on any atom is 0.276 e. The zero-order chi connectivity index (χ0) is 16.7. The van der Waals surface area contributed by atoms with Crippen molar-refractivity contribution in [3.63, 3.8) is 0 Å². The molecule has 0 saturated carbocycles. The second kappa shape index (κ2) is 7.78. The van der Waals surface area contributed by atoms with E-state index in [1.165, 1.54) is 12.1 Å². The van der Waals surface area contributed by atoms with Crippen LogP contribution in [0.5, 0.6) is 5.75 Å². The fourth-order valence-corrected chi connectivity index (χ4v) is 2.74. The minimum atomic E-state index is -3.65. The van der Waals surface area contributed by atoms with Crippen molar-refractivity contribution < 1.29 is 13.2 Å². The van der Waals surface area contributed by atoms with Crippen molar-refractivity contribution in [2.24, 2.45) is 5.10 Å². The van der Waals surface area contributed by atoms with Gasteiger partial charge in [-0.3, -0.25) is 0 Å². The van der Waals surface area contributed by atoms with Crippen molar-refractivity contribution in [1.82, 2.24) is 4.83 Å². The lowest BCUT2D eigenvalue weighted by Gasteiger charge is -2.07. The molecule has 23 heavy (non-hydrogen) atoms. The predicted molar refractivity (Wildman–Crippen MR) is 91.2 cm³/mol. The lowest BCUT2D eigenvalue weighted by atomic mass is 10.1. The number of benzene rings is 2. The molecule has 0 amide bonds. The molecule has 0 bridgehead atoms. The smallest absolute Gasteiger partial charge is 0.276 e. The molecule has 0 aliphatic heterocycles. The molecule has 0 aliphatic rings. The van der Waals surface area contributed by atoms with E-state index in [2.05, 4.69) is 9.93 Å². The normalized spacial score (nSPS) is 12.0. The first-order chi connectivity index (χ1) is 11.0. The fraction of sp³-hybridized carbons (Fsp3) is 0.235. The predicted octanol–water partition coefficient (Wildman–Crippen LogP) is 3.18. The third-order valence-corrected chi connectivity index (χ3v) is 4.36. The van der Waals surface area contributed by atoms with Crippen molar-refractivity contribution in [3.8, 4) is 5.75 Å². The van der Waals surface area contributed by atoms with Gasteiger partial charge in [0.05, 0.1) is 17.2 Å². The van der Waals surface area contributed by atoms with Gasteiger partial charge in [-0.1, -0.05) is 25.1 Å². The van der Waals surface area contributed by atoms with Crippen LogP contribution in [0.25, 0.3) is 0 Å². The van der Waals surface area contributed by atoms with Gasteiger partial charge in [0.2, 0.25) is 0 Å². The monoisotopic (exact) mass is 332 g/mol. The Morgan fingerprint density at radius 1 is 1.09 bits per heavy atom. The molecule has 0 saturated heterocycles. The second-order valence-corrected chi connectivity index (χ2v) is 6.64. The molecule has 2 aromatic carbocycles. The van der Waals surface area contributed by atoms with E-state index in [1.54, 1.807) is 25.1 Å². The van der Waals surface area contributed by atoms with E-state index in [4.69, 9.17) is 4.74 Å². The van der Waals surface area contributed by atoms with Gasteiger partial charge in [-0.2, -0.15) is 18.4 Å². The third kappa shape index (κ3) is 4.82. The summed E-state index contributed by atoms with van der Waals surface area (Å²) in [7, 11) is -3.65. The highest BCUT2D eigenvalue weighted by Crippen LogP contribution is 2.13. The Morgan fingerprint density at radius 3 is 2.35 bits per heavy atom. The zero-order valence-corrected chi connectivity index (χ0v) is 14.0. The van der Waals surface area contributed by atoms with Crippen LogP contribution in [0.4, 0.5) is 0 Å². The largest absolute Gasteiger partial charge is 0.494 e. The molecule has 0 aliphatic carbocycles. The fourth-order valence-electron chi connectivity index (χ4n) is 1.86. The summed E-state index contributed by atoms with van der Waals surface area (Å²) in [5, 5.41) is 3.97. The number of sulfonamides is 1. The van der Waals surface area contributed by atoms with Crippen molar-refractivity contribution in [3.05, 3.63) is 60.2 Å². The Labute approximate surface area is 137 Å². The Kier molecular flexibility index (Phi) is 5.76. The van der Waals surface area contributed by atoms with Crippen molar-refractivity contribution >= 4 is 15.7 Å².